The standard InChI is InChI=1S/C20H24N2O3/c1-14(2)17-8-5-15(3)19(11-17)25-13-20(23)22-21-12-16-6-9-18(24-4)10-7-16/h5-12,14H,13H2,1-4H3,(H,22,23)/b21-12+. The Morgan fingerprint density at radius 1 is 1.20 bits per heavy atom. The van der Waals surface area contributed by atoms with Crippen LogP contribution < -0.4 is 14.9 Å². The minimum absolute atomic E-state index is 0.0810. The fraction of sp³-hybridized carbons (Fsp3) is 0.300. The summed E-state index contributed by atoms with van der Waals surface area (Å²) in [4.78, 5) is 11.9. The second kappa shape index (κ2) is 8.87. The van der Waals surface area contributed by atoms with Crippen molar-refractivity contribution in [2.24, 2.45) is 5.10 Å². The van der Waals surface area contributed by atoms with Crippen LogP contribution in [0.5, 0.6) is 11.5 Å². The predicted molar refractivity (Wildman–Crippen MR) is 99.5 cm³/mol. The van der Waals surface area contributed by atoms with Gasteiger partial charge in [-0.2, -0.15) is 5.10 Å². The smallest absolute Gasteiger partial charge is 0.277 e. The van der Waals surface area contributed by atoms with Gasteiger partial charge in [0.05, 0.1) is 13.3 Å². The second-order valence-corrected chi connectivity index (χ2v) is 6.03. The molecule has 1 N–H and O–H groups in total. The molecule has 0 unspecified atom stereocenters. The zero-order chi connectivity index (χ0) is 18.2. The third-order valence-corrected chi connectivity index (χ3v) is 3.76. The van der Waals surface area contributed by atoms with E-state index in [1.54, 1.807) is 13.3 Å². The lowest BCUT2D eigenvalue weighted by molar-refractivity contribution is -0.123. The second-order valence-electron chi connectivity index (χ2n) is 6.03. The first-order chi connectivity index (χ1) is 12.0. The van der Waals surface area contributed by atoms with Gasteiger partial charge in [0.2, 0.25) is 0 Å². The molecule has 0 heterocycles. The molecule has 0 aliphatic rings. The van der Waals surface area contributed by atoms with Gasteiger partial charge in [0.15, 0.2) is 6.61 Å². The van der Waals surface area contributed by atoms with Gasteiger partial charge in [-0.05, 0) is 59.9 Å². The zero-order valence-electron chi connectivity index (χ0n) is 15.1. The molecule has 2 aromatic carbocycles. The Bertz CT molecular complexity index is 737. The van der Waals surface area contributed by atoms with Gasteiger partial charge in [-0.1, -0.05) is 26.0 Å². The molecule has 0 saturated heterocycles. The quantitative estimate of drug-likeness (QED) is 0.618. The van der Waals surface area contributed by atoms with E-state index in [0.29, 0.717) is 5.92 Å². The molecule has 5 nitrogen and oxygen atoms in total. The molecule has 25 heavy (non-hydrogen) atoms. The Labute approximate surface area is 148 Å². The van der Waals surface area contributed by atoms with Gasteiger partial charge < -0.3 is 9.47 Å². The largest absolute Gasteiger partial charge is 0.497 e. The van der Waals surface area contributed by atoms with Crippen LogP contribution in [-0.4, -0.2) is 25.8 Å². The fourth-order valence-electron chi connectivity index (χ4n) is 2.18. The third-order valence-electron chi connectivity index (χ3n) is 3.76. The van der Waals surface area contributed by atoms with Gasteiger partial charge >= 0.3 is 0 Å². The number of carbonyl (C=O) groups excluding carboxylic acids is 1. The van der Waals surface area contributed by atoms with Crippen molar-refractivity contribution in [3.63, 3.8) is 0 Å². The predicted octanol–water partition coefficient (Wildman–Crippen LogP) is 3.66. The van der Waals surface area contributed by atoms with Gasteiger partial charge in [0, 0.05) is 0 Å². The SMILES string of the molecule is COc1ccc(/C=N/NC(=O)COc2cc(C(C)C)ccc2C)cc1. The molecule has 5 heteroatoms. The molecule has 2 aromatic rings. The number of hydrogen-bond donors (Lipinski definition) is 1. The first-order valence-corrected chi connectivity index (χ1v) is 8.19. The molecule has 0 aliphatic carbocycles. The molecule has 0 atom stereocenters. The summed E-state index contributed by atoms with van der Waals surface area (Å²) in [6.07, 6.45) is 1.57. The highest BCUT2D eigenvalue weighted by Gasteiger charge is 2.07. The summed E-state index contributed by atoms with van der Waals surface area (Å²) in [7, 11) is 1.61. The number of nitrogens with zero attached hydrogens (tertiary/aromatic N) is 1. The Morgan fingerprint density at radius 2 is 1.92 bits per heavy atom. The number of aryl methyl sites for hydroxylation is 1. The minimum Gasteiger partial charge on any atom is -0.497 e. The van der Waals surface area contributed by atoms with E-state index >= 15 is 0 Å². The Kier molecular flexibility index (Phi) is 6.57. The van der Waals surface area contributed by atoms with Gasteiger partial charge in [0.25, 0.3) is 5.91 Å². The van der Waals surface area contributed by atoms with Crippen molar-refractivity contribution < 1.29 is 14.3 Å². The number of ether oxygens (including phenoxy) is 2. The number of benzene rings is 2. The summed E-state index contributed by atoms with van der Waals surface area (Å²) in [5.41, 5.74) is 5.50. The molecule has 0 aromatic heterocycles. The Balaban J connectivity index is 1.86. The topological polar surface area (TPSA) is 59.9 Å². The number of hydrazone groups is 1. The van der Waals surface area contributed by atoms with Crippen LogP contribution in [0.3, 0.4) is 0 Å². The van der Waals surface area contributed by atoms with Crippen LogP contribution in [-0.2, 0) is 4.79 Å². The van der Waals surface area contributed by atoms with Crippen LogP contribution >= 0.6 is 0 Å². The van der Waals surface area contributed by atoms with E-state index in [0.717, 1.165) is 22.6 Å². The van der Waals surface area contributed by atoms with E-state index < -0.39 is 0 Å². The van der Waals surface area contributed by atoms with Crippen LogP contribution in [0, 0.1) is 6.92 Å². The van der Waals surface area contributed by atoms with Crippen molar-refractivity contribution in [3.8, 4) is 11.5 Å². The number of methoxy groups -OCH3 is 1. The lowest BCUT2D eigenvalue weighted by Crippen LogP contribution is -2.24. The maximum Gasteiger partial charge on any atom is 0.277 e. The average Bonchev–Trinajstić information content (AvgIpc) is 2.61. The van der Waals surface area contributed by atoms with Crippen molar-refractivity contribution in [3.05, 3.63) is 59.2 Å². The van der Waals surface area contributed by atoms with E-state index in [1.165, 1.54) is 5.56 Å². The highest BCUT2D eigenvalue weighted by molar-refractivity contribution is 5.83. The normalized spacial score (nSPS) is 10.9. The number of rotatable bonds is 7. The first-order valence-electron chi connectivity index (χ1n) is 8.19. The molecular weight excluding hydrogens is 316 g/mol. The van der Waals surface area contributed by atoms with Crippen LogP contribution in [0.1, 0.15) is 36.5 Å². The molecule has 0 bridgehead atoms. The molecule has 0 radical (unpaired) electrons. The van der Waals surface area contributed by atoms with E-state index in [1.807, 2.05) is 43.3 Å². The highest BCUT2D eigenvalue weighted by Crippen LogP contribution is 2.24. The molecule has 132 valence electrons. The van der Waals surface area contributed by atoms with Crippen molar-refractivity contribution in [1.29, 1.82) is 0 Å². The van der Waals surface area contributed by atoms with Crippen molar-refractivity contribution in [2.45, 2.75) is 26.7 Å². The van der Waals surface area contributed by atoms with Gasteiger partial charge in [0.1, 0.15) is 11.5 Å². The van der Waals surface area contributed by atoms with Crippen LogP contribution in [0.15, 0.2) is 47.6 Å². The number of carbonyl (C=O) groups is 1. The molecular formula is C20H24N2O3. The number of hydrogen-bond acceptors (Lipinski definition) is 4. The lowest BCUT2D eigenvalue weighted by Gasteiger charge is -2.12. The molecule has 1 amide bonds. The summed E-state index contributed by atoms with van der Waals surface area (Å²) in [5.74, 6) is 1.60. The maximum absolute atomic E-state index is 11.9. The van der Waals surface area contributed by atoms with E-state index in [-0.39, 0.29) is 12.5 Å². The molecule has 0 spiro atoms. The highest BCUT2D eigenvalue weighted by atomic mass is 16.5. The van der Waals surface area contributed by atoms with Crippen LogP contribution in [0.4, 0.5) is 0 Å². The third kappa shape index (κ3) is 5.64. The van der Waals surface area contributed by atoms with E-state index in [9.17, 15) is 4.79 Å². The molecule has 0 fully saturated rings. The summed E-state index contributed by atoms with van der Waals surface area (Å²) in [5, 5.41) is 3.93. The van der Waals surface area contributed by atoms with Crippen LogP contribution in [0.2, 0.25) is 0 Å². The minimum atomic E-state index is -0.306. The summed E-state index contributed by atoms with van der Waals surface area (Å²) >= 11 is 0. The average molecular weight is 340 g/mol. The Hall–Kier alpha value is -2.82. The fourth-order valence-corrected chi connectivity index (χ4v) is 2.18. The monoisotopic (exact) mass is 340 g/mol. The van der Waals surface area contributed by atoms with Crippen molar-refractivity contribution in [1.82, 2.24) is 5.43 Å². The van der Waals surface area contributed by atoms with E-state index in [4.69, 9.17) is 9.47 Å². The van der Waals surface area contributed by atoms with Crippen LogP contribution in [0.25, 0.3) is 0 Å². The molecule has 0 saturated carbocycles. The first kappa shape index (κ1) is 18.5. The van der Waals surface area contributed by atoms with Gasteiger partial charge in [-0.3, -0.25) is 4.79 Å². The van der Waals surface area contributed by atoms with Gasteiger partial charge in [-0.25, -0.2) is 5.43 Å². The molecule has 0 aliphatic heterocycles. The maximum atomic E-state index is 11.9. The summed E-state index contributed by atoms with van der Waals surface area (Å²) < 4.78 is 10.7. The summed E-state index contributed by atoms with van der Waals surface area (Å²) in [6, 6.07) is 13.4. The van der Waals surface area contributed by atoms with Crippen molar-refractivity contribution >= 4 is 12.1 Å². The van der Waals surface area contributed by atoms with Crippen molar-refractivity contribution in [2.75, 3.05) is 13.7 Å². The van der Waals surface area contributed by atoms with Gasteiger partial charge in [-0.15, -0.1) is 0 Å². The number of nitrogens with one attached hydrogen (secondary N) is 1. The molecule has 2 rings (SSSR count). The zero-order valence-corrected chi connectivity index (χ0v) is 15.1. The number of amides is 1. The Morgan fingerprint density at radius 3 is 2.56 bits per heavy atom. The summed E-state index contributed by atoms with van der Waals surface area (Å²) in [6.45, 7) is 6.12. The van der Waals surface area contributed by atoms with E-state index in [2.05, 4.69) is 30.4 Å². The lowest BCUT2D eigenvalue weighted by atomic mass is 10.0.